The summed E-state index contributed by atoms with van der Waals surface area (Å²) in [5.74, 6) is -0.145. The quantitative estimate of drug-likeness (QED) is 0.565. The minimum Gasteiger partial charge on any atom is -0.493 e. The van der Waals surface area contributed by atoms with Gasteiger partial charge in [-0.3, -0.25) is 4.79 Å². The zero-order valence-corrected chi connectivity index (χ0v) is 16.8. The van der Waals surface area contributed by atoms with Crippen LogP contribution in [0.2, 0.25) is 0 Å². The van der Waals surface area contributed by atoms with Crippen LogP contribution in [-0.2, 0) is 33.7 Å². The van der Waals surface area contributed by atoms with Crippen LogP contribution < -0.4 is 4.74 Å². The van der Waals surface area contributed by atoms with Crippen molar-refractivity contribution in [2.75, 3.05) is 13.2 Å². The Kier molecular flexibility index (Phi) is 8.53. The molecule has 0 aliphatic rings. The molecule has 0 atom stereocenters. The zero-order valence-electron chi connectivity index (χ0n) is 16.8. The molecule has 0 bridgehead atoms. The fraction of sp³-hybridized carbons (Fsp3) is 0.391. The lowest BCUT2D eigenvalue weighted by Gasteiger charge is -2.15. The number of hydrogen-bond donors (Lipinski definition) is 0. The van der Waals surface area contributed by atoms with E-state index < -0.39 is 11.9 Å². The van der Waals surface area contributed by atoms with E-state index in [1.807, 2.05) is 44.2 Å². The number of rotatable bonds is 10. The summed E-state index contributed by atoms with van der Waals surface area (Å²) in [4.78, 5) is 24.8. The summed E-state index contributed by atoms with van der Waals surface area (Å²) in [6.07, 6.45) is 1.56. The first kappa shape index (κ1) is 21.5. The van der Waals surface area contributed by atoms with Crippen molar-refractivity contribution < 1.29 is 23.8 Å². The molecule has 0 saturated carbocycles. The second-order valence-corrected chi connectivity index (χ2v) is 6.36. The van der Waals surface area contributed by atoms with Crippen LogP contribution in [0.25, 0.3) is 0 Å². The summed E-state index contributed by atoms with van der Waals surface area (Å²) >= 11 is 0. The van der Waals surface area contributed by atoms with E-state index in [1.54, 1.807) is 19.1 Å². The van der Waals surface area contributed by atoms with Crippen molar-refractivity contribution in [3.63, 3.8) is 0 Å². The van der Waals surface area contributed by atoms with Crippen molar-refractivity contribution in [2.24, 2.45) is 0 Å². The van der Waals surface area contributed by atoms with E-state index in [2.05, 4.69) is 0 Å². The van der Waals surface area contributed by atoms with Crippen LogP contribution in [0, 0.1) is 0 Å². The highest BCUT2D eigenvalue weighted by Crippen LogP contribution is 2.26. The summed E-state index contributed by atoms with van der Waals surface area (Å²) in [5.41, 5.74) is 2.77. The smallest absolute Gasteiger partial charge is 0.338 e. The molecule has 150 valence electrons. The maximum Gasteiger partial charge on any atom is 0.338 e. The van der Waals surface area contributed by atoms with Gasteiger partial charge in [-0.1, -0.05) is 44.2 Å². The summed E-state index contributed by atoms with van der Waals surface area (Å²) in [6.45, 7) is 6.82. The molecule has 0 saturated heterocycles. The van der Waals surface area contributed by atoms with Gasteiger partial charge in [0.05, 0.1) is 25.2 Å². The van der Waals surface area contributed by atoms with Crippen LogP contribution in [0.5, 0.6) is 5.75 Å². The first-order chi connectivity index (χ1) is 13.6. The van der Waals surface area contributed by atoms with E-state index in [0.29, 0.717) is 29.9 Å². The zero-order chi connectivity index (χ0) is 20.4. The monoisotopic (exact) mass is 384 g/mol. The van der Waals surface area contributed by atoms with E-state index in [0.717, 1.165) is 17.5 Å². The molecule has 0 fully saturated rings. The Balaban J connectivity index is 2.22. The van der Waals surface area contributed by atoms with Gasteiger partial charge < -0.3 is 14.2 Å². The number of carbonyl (C=O) groups is 2. The van der Waals surface area contributed by atoms with E-state index in [-0.39, 0.29) is 19.6 Å². The maximum atomic E-state index is 12.4. The lowest BCUT2D eigenvalue weighted by molar-refractivity contribution is -0.144. The van der Waals surface area contributed by atoms with Crippen molar-refractivity contribution in [1.82, 2.24) is 0 Å². The number of aryl methyl sites for hydroxylation is 1. The van der Waals surface area contributed by atoms with Crippen LogP contribution in [0.3, 0.4) is 0 Å². The molecule has 0 aliphatic carbocycles. The van der Waals surface area contributed by atoms with Gasteiger partial charge in [0.2, 0.25) is 0 Å². The van der Waals surface area contributed by atoms with Crippen LogP contribution in [-0.4, -0.2) is 25.2 Å². The van der Waals surface area contributed by atoms with Crippen LogP contribution in [0.1, 0.15) is 54.2 Å². The first-order valence-electron chi connectivity index (χ1n) is 9.74. The van der Waals surface area contributed by atoms with Gasteiger partial charge in [0.1, 0.15) is 12.4 Å². The molecule has 0 aromatic heterocycles. The van der Waals surface area contributed by atoms with E-state index in [9.17, 15) is 9.59 Å². The number of hydrogen-bond acceptors (Lipinski definition) is 5. The molecule has 0 amide bonds. The Hall–Kier alpha value is -2.82. The molecule has 5 heteroatoms. The highest BCUT2D eigenvalue weighted by Gasteiger charge is 2.19. The fourth-order valence-electron chi connectivity index (χ4n) is 2.78. The number of esters is 2. The highest BCUT2D eigenvalue weighted by molar-refractivity contribution is 5.93. The number of ether oxygens (including phenoxy) is 3. The maximum absolute atomic E-state index is 12.4. The minimum absolute atomic E-state index is 0.0204. The molecule has 0 unspecified atom stereocenters. The van der Waals surface area contributed by atoms with Gasteiger partial charge >= 0.3 is 11.9 Å². The van der Waals surface area contributed by atoms with Gasteiger partial charge in [-0.25, -0.2) is 4.79 Å². The Morgan fingerprint density at radius 3 is 2.32 bits per heavy atom. The predicted octanol–water partition coefficient (Wildman–Crippen LogP) is 4.50. The molecule has 0 aliphatic heterocycles. The highest BCUT2D eigenvalue weighted by atomic mass is 16.5. The Bertz CT molecular complexity index is 783. The molecule has 2 aromatic carbocycles. The van der Waals surface area contributed by atoms with Gasteiger partial charge in [-0.2, -0.15) is 0 Å². The first-order valence-corrected chi connectivity index (χ1v) is 9.74. The van der Waals surface area contributed by atoms with E-state index in [4.69, 9.17) is 14.2 Å². The molecular formula is C23H28O5. The van der Waals surface area contributed by atoms with Crippen LogP contribution >= 0.6 is 0 Å². The largest absolute Gasteiger partial charge is 0.493 e. The van der Waals surface area contributed by atoms with Crippen molar-refractivity contribution in [3.8, 4) is 5.75 Å². The van der Waals surface area contributed by atoms with Crippen molar-refractivity contribution in [1.29, 1.82) is 0 Å². The molecular weight excluding hydrogens is 356 g/mol. The molecule has 2 aromatic rings. The van der Waals surface area contributed by atoms with Crippen molar-refractivity contribution >= 4 is 11.9 Å². The molecule has 0 heterocycles. The third kappa shape index (κ3) is 6.12. The lowest BCUT2D eigenvalue weighted by atomic mass is 9.99. The van der Waals surface area contributed by atoms with Gasteiger partial charge in [0, 0.05) is 0 Å². The molecule has 5 nitrogen and oxygen atoms in total. The summed E-state index contributed by atoms with van der Waals surface area (Å²) in [7, 11) is 0. The third-order valence-electron chi connectivity index (χ3n) is 4.20. The van der Waals surface area contributed by atoms with Crippen molar-refractivity contribution in [3.05, 3.63) is 64.7 Å². The molecule has 2 rings (SSSR count). The molecule has 0 spiro atoms. The minimum atomic E-state index is -0.440. The van der Waals surface area contributed by atoms with Crippen LogP contribution in [0.15, 0.2) is 42.5 Å². The standard InChI is InChI=1S/C23H28O5/c1-4-12-27-21-14-19(20(13-18(21)5-2)23(25)26-6-3)15-22(24)28-16-17-10-8-7-9-11-17/h7-11,13-14H,4-6,12,15-16H2,1-3H3. The van der Waals surface area contributed by atoms with Crippen LogP contribution in [0.4, 0.5) is 0 Å². The molecule has 28 heavy (non-hydrogen) atoms. The Morgan fingerprint density at radius 1 is 0.929 bits per heavy atom. The van der Waals surface area contributed by atoms with Gasteiger partial charge in [-0.05, 0) is 48.6 Å². The SMILES string of the molecule is CCCOc1cc(CC(=O)OCc2ccccc2)c(C(=O)OCC)cc1CC. The van der Waals surface area contributed by atoms with Gasteiger partial charge in [-0.15, -0.1) is 0 Å². The lowest BCUT2D eigenvalue weighted by Crippen LogP contribution is -2.15. The molecule has 0 N–H and O–H groups in total. The average Bonchev–Trinajstić information content (AvgIpc) is 2.71. The number of benzene rings is 2. The van der Waals surface area contributed by atoms with E-state index in [1.165, 1.54) is 0 Å². The van der Waals surface area contributed by atoms with Crippen molar-refractivity contribution in [2.45, 2.75) is 46.6 Å². The Morgan fingerprint density at radius 2 is 1.68 bits per heavy atom. The predicted molar refractivity (Wildman–Crippen MR) is 108 cm³/mol. The van der Waals surface area contributed by atoms with Gasteiger partial charge in [0.15, 0.2) is 0 Å². The molecule has 0 radical (unpaired) electrons. The topological polar surface area (TPSA) is 61.8 Å². The summed E-state index contributed by atoms with van der Waals surface area (Å²) < 4.78 is 16.4. The average molecular weight is 384 g/mol. The normalized spacial score (nSPS) is 10.4. The third-order valence-corrected chi connectivity index (χ3v) is 4.20. The van der Waals surface area contributed by atoms with Gasteiger partial charge in [0.25, 0.3) is 0 Å². The number of carbonyl (C=O) groups excluding carboxylic acids is 2. The second-order valence-electron chi connectivity index (χ2n) is 6.36. The summed E-state index contributed by atoms with van der Waals surface area (Å²) in [6, 6.07) is 13.0. The Labute approximate surface area is 166 Å². The summed E-state index contributed by atoms with van der Waals surface area (Å²) in [5, 5.41) is 0. The van der Waals surface area contributed by atoms with E-state index >= 15 is 0 Å². The fourth-order valence-corrected chi connectivity index (χ4v) is 2.78. The second kappa shape index (κ2) is 11.1.